The Balaban J connectivity index is 3.11. The lowest BCUT2D eigenvalue weighted by Gasteiger charge is -2.04. The Labute approximate surface area is 116 Å². The molecule has 0 rings (SSSR count). The van der Waals surface area contributed by atoms with Crippen molar-refractivity contribution in [3.63, 3.8) is 0 Å². The van der Waals surface area contributed by atoms with Gasteiger partial charge in [-0.2, -0.15) is 0 Å². The average molecular weight is 272 g/mol. The minimum atomic E-state index is -1.51. The Morgan fingerprint density at radius 3 is 1.84 bits per heavy atom. The first kappa shape index (κ1) is 17.9. The number of ether oxygens (including phenoxy) is 1. The largest absolute Gasteiger partial charge is 0.473 e. The summed E-state index contributed by atoms with van der Waals surface area (Å²) >= 11 is 0. The summed E-state index contributed by atoms with van der Waals surface area (Å²) in [4.78, 5) is 20.8. The van der Waals surface area contributed by atoms with Crippen LogP contribution in [0.4, 0.5) is 0 Å². The van der Waals surface area contributed by atoms with Crippen LogP contribution in [0.5, 0.6) is 0 Å². The molecule has 0 radical (unpaired) electrons. The number of carbonyl (C=O) groups is 2. The number of aliphatic carboxylic acids is 1. The minimum Gasteiger partial charge on any atom is -0.473 e. The molecule has 0 heterocycles. The number of carboxylic acids is 1. The van der Waals surface area contributed by atoms with Crippen LogP contribution in [0.1, 0.15) is 71.6 Å². The molecule has 112 valence electrons. The molecule has 0 aromatic heterocycles. The van der Waals surface area contributed by atoms with Crippen molar-refractivity contribution in [2.45, 2.75) is 71.6 Å². The lowest BCUT2D eigenvalue weighted by atomic mass is 10.0. The summed E-state index contributed by atoms with van der Waals surface area (Å²) in [5, 5.41) is 8.29. The zero-order valence-corrected chi connectivity index (χ0v) is 12.3. The number of hydrogen-bond acceptors (Lipinski definition) is 3. The predicted octanol–water partition coefficient (Wildman–Crippen LogP) is 3.78. The van der Waals surface area contributed by atoms with Gasteiger partial charge in [-0.15, -0.1) is 0 Å². The van der Waals surface area contributed by atoms with E-state index in [-0.39, 0.29) is 6.61 Å². The first-order valence-electron chi connectivity index (χ1n) is 7.44. The fraction of sp³-hybridized carbons (Fsp3) is 0.867. The molecule has 0 aromatic carbocycles. The fourth-order valence-corrected chi connectivity index (χ4v) is 1.94. The van der Waals surface area contributed by atoms with Crippen LogP contribution in [0.3, 0.4) is 0 Å². The van der Waals surface area contributed by atoms with Crippen molar-refractivity contribution < 1.29 is 19.4 Å². The molecule has 0 saturated carbocycles. The number of hydrogen-bond donors (Lipinski definition) is 1. The second-order valence-electron chi connectivity index (χ2n) is 5.45. The number of unbranched alkanes of at least 4 members (excludes halogenated alkanes) is 7. The van der Waals surface area contributed by atoms with Gasteiger partial charge in [-0.25, -0.2) is 9.59 Å². The van der Waals surface area contributed by atoms with Crippen LogP contribution in [0.2, 0.25) is 0 Å². The quantitative estimate of drug-likeness (QED) is 0.353. The lowest BCUT2D eigenvalue weighted by Crippen LogP contribution is -2.16. The number of rotatable bonds is 11. The number of esters is 1. The van der Waals surface area contributed by atoms with E-state index >= 15 is 0 Å². The van der Waals surface area contributed by atoms with E-state index in [2.05, 4.69) is 18.6 Å². The molecule has 19 heavy (non-hydrogen) atoms. The highest BCUT2D eigenvalue weighted by Crippen LogP contribution is 2.12. The molecule has 0 fully saturated rings. The summed E-state index contributed by atoms with van der Waals surface area (Å²) in [6.45, 7) is 4.74. The first-order valence-corrected chi connectivity index (χ1v) is 7.44. The summed E-state index contributed by atoms with van der Waals surface area (Å²) in [6, 6.07) is 0. The highest BCUT2D eigenvalue weighted by Gasteiger charge is 2.11. The van der Waals surface area contributed by atoms with Gasteiger partial charge >= 0.3 is 11.9 Å². The van der Waals surface area contributed by atoms with Gasteiger partial charge in [-0.1, -0.05) is 65.2 Å². The molecule has 0 spiro atoms. The summed E-state index contributed by atoms with van der Waals surface area (Å²) in [5.41, 5.74) is 0. The van der Waals surface area contributed by atoms with E-state index in [1.165, 1.54) is 38.5 Å². The second-order valence-corrected chi connectivity index (χ2v) is 5.45. The van der Waals surface area contributed by atoms with Crippen molar-refractivity contribution in [2.75, 3.05) is 6.61 Å². The summed E-state index contributed by atoms with van der Waals surface area (Å²) in [5.74, 6) is -1.85. The van der Waals surface area contributed by atoms with E-state index in [0.717, 1.165) is 25.2 Å². The maximum absolute atomic E-state index is 10.6. The van der Waals surface area contributed by atoms with Gasteiger partial charge in [0, 0.05) is 0 Å². The zero-order chi connectivity index (χ0) is 14.5. The van der Waals surface area contributed by atoms with Gasteiger partial charge in [0.2, 0.25) is 0 Å². The summed E-state index contributed by atoms with van der Waals surface area (Å²) < 4.78 is 4.55. The Hall–Kier alpha value is -1.06. The molecule has 0 atom stereocenters. The minimum absolute atomic E-state index is 0.222. The van der Waals surface area contributed by atoms with Crippen molar-refractivity contribution in [3.8, 4) is 0 Å². The van der Waals surface area contributed by atoms with E-state index in [9.17, 15) is 9.59 Å². The van der Waals surface area contributed by atoms with Gasteiger partial charge in [0.05, 0.1) is 6.61 Å². The Morgan fingerprint density at radius 1 is 0.895 bits per heavy atom. The molecule has 0 unspecified atom stereocenters. The van der Waals surface area contributed by atoms with Crippen LogP contribution in [0.15, 0.2) is 0 Å². The van der Waals surface area contributed by atoms with Gasteiger partial charge in [0.25, 0.3) is 0 Å². The SMILES string of the molecule is CC(C)CCCCCCCCCCOC(=O)C(=O)O. The smallest absolute Gasteiger partial charge is 0.417 e. The van der Waals surface area contributed by atoms with Crippen LogP contribution in [0, 0.1) is 5.92 Å². The molecule has 1 N–H and O–H groups in total. The summed E-state index contributed by atoms with van der Waals surface area (Å²) in [6.07, 6.45) is 10.7. The predicted molar refractivity (Wildman–Crippen MR) is 75.0 cm³/mol. The maximum Gasteiger partial charge on any atom is 0.417 e. The fourth-order valence-electron chi connectivity index (χ4n) is 1.94. The van der Waals surface area contributed by atoms with Crippen molar-refractivity contribution >= 4 is 11.9 Å². The molecular formula is C15H28O4. The second kappa shape index (κ2) is 12.0. The molecule has 0 amide bonds. The van der Waals surface area contributed by atoms with E-state index in [4.69, 9.17) is 5.11 Å². The number of carbonyl (C=O) groups excluding carboxylic acids is 1. The third-order valence-corrected chi connectivity index (χ3v) is 3.08. The highest BCUT2D eigenvalue weighted by atomic mass is 16.6. The normalized spacial score (nSPS) is 10.7. The van der Waals surface area contributed by atoms with Crippen LogP contribution < -0.4 is 0 Å². The van der Waals surface area contributed by atoms with Crippen molar-refractivity contribution in [1.29, 1.82) is 0 Å². The van der Waals surface area contributed by atoms with Crippen LogP contribution in [0.25, 0.3) is 0 Å². The maximum atomic E-state index is 10.6. The Morgan fingerprint density at radius 2 is 1.37 bits per heavy atom. The standard InChI is InChI=1S/C15H28O4/c1-13(2)11-9-7-5-3-4-6-8-10-12-19-15(18)14(16)17/h13H,3-12H2,1-2H3,(H,16,17). The van der Waals surface area contributed by atoms with E-state index in [1.807, 2.05) is 0 Å². The zero-order valence-electron chi connectivity index (χ0n) is 12.3. The molecular weight excluding hydrogens is 244 g/mol. The van der Waals surface area contributed by atoms with E-state index in [0.29, 0.717) is 0 Å². The van der Waals surface area contributed by atoms with Crippen molar-refractivity contribution in [1.82, 2.24) is 0 Å². The van der Waals surface area contributed by atoms with Gasteiger partial charge < -0.3 is 9.84 Å². The molecule has 0 aliphatic heterocycles. The van der Waals surface area contributed by atoms with Crippen LogP contribution in [-0.2, 0) is 14.3 Å². The van der Waals surface area contributed by atoms with Gasteiger partial charge in [-0.3, -0.25) is 0 Å². The molecule has 0 saturated heterocycles. The molecule has 0 aliphatic rings. The molecule has 0 aromatic rings. The van der Waals surface area contributed by atoms with Gasteiger partial charge in [0.15, 0.2) is 0 Å². The van der Waals surface area contributed by atoms with E-state index < -0.39 is 11.9 Å². The van der Waals surface area contributed by atoms with Crippen molar-refractivity contribution in [2.24, 2.45) is 5.92 Å². The van der Waals surface area contributed by atoms with Crippen LogP contribution in [-0.4, -0.2) is 23.7 Å². The Kier molecular flexibility index (Phi) is 11.3. The highest BCUT2D eigenvalue weighted by molar-refractivity contribution is 6.28. The lowest BCUT2D eigenvalue weighted by molar-refractivity contribution is -0.163. The van der Waals surface area contributed by atoms with Gasteiger partial charge in [-0.05, 0) is 12.3 Å². The monoisotopic (exact) mass is 272 g/mol. The van der Waals surface area contributed by atoms with Crippen molar-refractivity contribution in [3.05, 3.63) is 0 Å². The van der Waals surface area contributed by atoms with E-state index in [1.54, 1.807) is 0 Å². The van der Waals surface area contributed by atoms with Crippen LogP contribution >= 0.6 is 0 Å². The number of carboxylic acid groups (broad SMARTS) is 1. The Bertz CT molecular complexity index is 249. The molecule has 0 bridgehead atoms. The third-order valence-electron chi connectivity index (χ3n) is 3.08. The summed E-state index contributed by atoms with van der Waals surface area (Å²) in [7, 11) is 0. The first-order chi connectivity index (χ1) is 9.04. The average Bonchev–Trinajstić information content (AvgIpc) is 2.35. The third kappa shape index (κ3) is 13.2. The van der Waals surface area contributed by atoms with Gasteiger partial charge in [0.1, 0.15) is 0 Å². The molecule has 0 aliphatic carbocycles. The molecule has 4 nitrogen and oxygen atoms in total. The topological polar surface area (TPSA) is 63.6 Å². The molecule has 4 heteroatoms.